The van der Waals surface area contributed by atoms with E-state index in [0.29, 0.717) is 18.8 Å². The van der Waals surface area contributed by atoms with Gasteiger partial charge in [0.25, 0.3) is 5.91 Å². The molecule has 3 aromatic carbocycles. The molecule has 0 aliphatic rings. The molecular weight excluding hydrogens is 494 g/mol. The molecule has 0 aliphatic heterocycles. The van der Waals surface area contributed by atoms with Gasteiger partial charge in [-0.15, -0.1) is 11.3 Å². The fourth-order valence-corrected chi connectivity index (χ4v) is 5.57. The van der Waals surface area contributed by atoms with E-state index in [0.717, 1.165) is 39.0 Å². The van der Waals surface area contributed by atoms with Crippen molar-refractivity contribution in [3.63, 3.8) is 0 Å². The van der Waals surface area contributed by atoms with Crippen molar-refractivity contribution < 1.29 is 15.0 Å². The number of phenols is 2. The average molecular weight is 526 g/mol. The summed E-state index contributed by atoms with van der Waals surface area (Å²) < 4.78 is 2.13. The predicted octanol–water partition coefficient (Wildman–Crippen LogP) is 5.79. The molecule has 6 nitrogen and oxygen atoms in total. The number of benzene rings is 3. The highest BCUT2D eigenvalue weighted by Crippen LogP contribution is 2.41. The van der Waals surface area contributed by atoms with Crippen LogP contribution >= 0.6 is 11.3 Å². The van der Waals surface area contributed by atoms with Crippen molar-refractivity contribution in [3.05, 3.63) is 118 Å². The second kappa shape index (κ2) is 11.1. The Labute approximate surface area is 226 Å². The summed E-state index contributed by atoms with van der Waals surface area (Å²) in [6.45, 7) is 1.87. The molecule has 0 spiro atoms. The average Bonchev–Trinajstić information content (AvgIpc) is 3.55. The van der Waals surface area contributed by atoms with Crippen LogP contribution in [0, 0.1) is 0 Å². The zero-order chi connectivity index (χ0) is 26.6. The van der Waals surface area contributed by atoms with Crippen molar-refractivity contribution in [3.8, 4) is 11.5 Å². The third kappa shape index (κ3) is 5.30. The SMILES string of the molecule is CN(C)CCn1c(C(=O)NCc2cccs2)c(C(c2ccc(O)cc2)c2ccc(O)cc2)c2ccccc21. The minimum Gasteiger partial charge on any atom is -0.508 e. The van der Waals surface area contributed by atoms with E-state index in [4.69, 9.17) is 0 Å². The van der Waals surface area contributed by atoms with Gasteiger partial charge in [0.15, 0.2) is 0 Å². The number of phenolic OH excluding ortho intramolecular Hbond substituents is 2. The van der Waals surface area contributed by atoms with Gasteiger partial charge in [-0.1, -0.05) is 48.5 Å². The van der Waals surface area contributed by atoms with Crippen LogP contribution < -0.4 is 5.32 Å². The Bertz CT molecular complexity index is 1480. The Balaban J connectivity index is 1.74. The summed E-state index contributed by atoms with van der Waals surface area (Å²) in [5.41, 5.74) is 4.40. The van der Waals surface area contributed by atoms with Crippen molar-refractivity contribution in [2.24, 2.45) is 0 Å². The summed E-state index contributed by atoms with van der Waals surface area (Å²) >= 11 is 1.61. The number of thiophene rings is 1. The summed E-state index contributed by atoms with van der Waals surface area (Å²) in [5, 5.41) is 26.2. The van der Waals surface area contributed by atoms with Crippen molar-refractivity contribution in [2.75, 3.05) is 20.6 Å². The number of aromatic nitrogens is 1. The van der Waals surface area contributed by atoms with Crippen molar-refractivity contribution in [2.45, 2.75) is 19.0 Å². The summed E-state index contributed by atoms with van der Waals surface area (Å²) in [6, 6.07) is 26.4. The van der Waals surface area contributed by atoms with Gasteiger partial charge in [0.05, 0.1) is 6.54 Å². The summed E-state index contributed by atoms with van der Waals surface area (Å²) in [7, 11) is 4.05. The fraction of sp³-hybridized carbons (Fsp3) is 0.194. The number of hydrogen-bond acceptors (Lipinski definition) is 5. The Morgan fingerprint density at radius 1 is 0.895 bits per heavy atom. The van der Waals surface area contributed by atoms with Gasteiger partial charge in [0, 0.05) is 40.4 Å². The number of carbonyl (C=O) groups excluding carboxylic acids is 1. The van der Waals surface area contributed by atoms with Crippen molar-refractivity contribution >= 4 is 28.1 Å². The molecule has 0 aliphatic carbocycles. The molecule has 0 atom stereocenters. The number of likely N-dealkylation sites (N-methyl/N-ethyl adjacent to an activating group) is 1. The Hall–Kier alpha value is -4.07. The van der Waals surface area contributed by atoms with E-state index in [1.165, 1.54) is 0 Å². The van der Waals surface area contributed by atoms with E-state index in [1.807, 2.05) is 68.0 Å². The molecule has 0 bridgehead atoms. The molecule has 2 aromatic heterocycles. The smallest absolute Gasteiger partial charge is 0.268 e. The maximum Gasteiger partial charge on any atom is 0.268 e. The maximum absolute atomic E-state index is 14.1. The molecule has 5 rings (SSSR count). The van der Waals surface area contributed by atoms with Crippen LogP contribution in [0.5, 0.6) is 11.5 Å². The van der Waals surface area contributed by atoms with Crippen LogP contribution in [0.25, 0.3) is 10.9 Å². The third-order valence-corrected chi connectivity index (χ3v) is 7.62. The first-order chi connectivity index (χ1) is 18.4. The number of hydrogen-bond donors (Lipinski definition) is 3. The highest BCUT2D eigenvalue weighted by Gasteiger charge is 2.30. The normalized spacial score (nSPS) is 11.5. The van der Waals surface area contributed by atoms with Gasteiger partial charge in [0.1, 0.15) is 17.2 Å². The molecule has 0 radical (unpaired) electrons. The molecule has 1 amide bonds. The minimum absolute atomic E-state index is 0.133. The number of para-hydroxylation sites is 1. The minimum atomic E-state index is -0.302. The predicted molar refractivity (Wildman–Crippen MR) is 153 cm³/mol. The lowest BCUT2D eigenvalue weighted by atomic mass is 9.83. The highest BCUT2D eigenvalue weighted by molar-refractivity contribution is 7.09. The van der Waals surface area contributed by atoms with Crippen molar-refractivity contribution in [1.29, 1.82) is 0 Å². The molecular formula is C31H31N3O3S. The Morgan fingerprint density at radius 3 is 2.11 bits per heavy atom. The number of rotatable bonds is 9. The van der Waals surface area contributed by atoms with Crippen molar-refractivity contribution in [1.82, 2.24) is 14.8 Å². The van der Waals surface area contributed by atoms with Crippen LogP contribution in [0.2, 0.25) is 0 Å². The van der Waals surface area contributed by atoms with Crippen LogP contribution in [-0.4, -0.2) is 46.2 Å². The third-order valence-electron chi connectivity index (χ3n) is 6.74. The Kier molecular flexibility index (Phi) is 7.49. The summed E-state index contributed by atoms with van der Waals surface area (Å²) in [5.74, 6) is -0.0730. The maximum atomic E-state index is 14.1. The van der Waals surface area contributed by atoms with Gasteiger partial charge >= 0.3 is 0 Å². The number of aromatic hydroxyl groups is 2. The first-order valence-electron chi connectivity index (χ1n) is 12.6. The quantitative estimate of drug-likeness (QED) is 0.228. The molecule has 0 unspecified atom stereocenters. The second-order valence-electron chi connectivity index (χ2n) is 9.61. The number of amides is 1. The molecule has 0 fully saturated rings. The monoisotopic (exact) mass is 525 g/mol. The standard InChI is InChI=1S/C31H31N3O3S/c1-33(2)17-18-34-27-8-4-3-7-26(27)29(30(34)31(37)32-20-25-6-5-19-38-25)28(21-9-13-23(35)14-10-21)22-11-15-24(36)16-12-22/h3-16,19,28,35-36H,17-18,20H2,1-2H3,(H,32,37). The van der Waals surface area contributed by atoms with E-state index in [-0.39, 0.29) is 23.3 Å². The molecule has 5 aromatic rings. The lowest BCUT2D eigenvalue weighted by Gasteiger charge is -2.21. The molecule has 2 heterocycles. The van der Waals surface area contributed by atoms with Gasteiger partial charge in [-0.05, 0) is 67.0 Å². The van der Waals surface area contributed by atoms with Gasteiger partial charge in [-0.2, -0.15) is 0 Å². The number of nitrogens with zero attached hydrogens (tertiary/aromatic N) is 2. The molecule has 0 saturated heterocycles. The van der Waals surface area contributed by atoms with E-state index in [9.17, 15) is 15.0 Å². The largest absolute Gasteiger partial charge is 0.508 e. The molecule has 38 heavy (non-hydrogen) atoms. The molecule has 3 N–H and O–H groups in total. The lowest BCUT2D eigenvalue weighted by molar-refractivity contribution is 0.0940. The number of carbonyl (C=O) groups is 1. The van der Waals surface area contributed by atoms with Crippen LogP contribution in [0.4, 0.5) is 0 Å². The summed E-state index contributed by atoms with van der Waals surface area (Å²) in [4.78, 5) is 17.2. The first kappa shape index (κ1) is 25.6. The van der Waals surface area contributed by atoms with Crippen LogP contribution in [0.1, 0.15) is 38.0 Å². The van der Waals surface area contributed by atoms with Crippen LogP contribution in [0.3, 0.4) is 0 Å². The van der Waals surface area contributed by atoms with E-state index < -0.39 is 0 Å². The molecule has 7 heteroatoms. The van der Waals surface area contributed by atoms with E-state index >= 15 is 0 Å². The fourth-order valence-electron chi connectivity index (χ4n) is 4.92. The van der Waals surface area contributed by atoms with E-state index in [1.54, 1.807) is 35.6 Å². The number of nitrogens with one attached hydrogen (secondary N) is 1. The van der Waals surface area contributed by atoms with Crippen LogP contribution in [0.15, 0.2) is 90.3 Å². The topological polar surface area (TPSA) is 77.7 Å². The van der Waals surface area contributed by atoms with Gasteiger partial charge < -0.3 is 25.0 Å². The lowest BCUT2D eigenvalue weighted by Crippen LogP contribution is -2.28. The molecule has 0 saturated carbocycles. The van der Waals surface area contributed by atoms with Gasteiger partial charge in [0.2, 0.25) is 0 Å². The Morgan fingerprint density at radius 2 is 1.53 bits per heavy atom. The van der Waals surface area contributed by atoms with Gasteiger partial charge in [-0.25, -0.2) is 0 Å². The second-order valence-corrected chi connectivity index (χ2v) is 10.6. The highest BCUT2D eigenvalue weighted by atomic mass is 32.1. The number of fused-ring (bicyclic) bond motifs is 1. The van der Waals surface area contributed by atoms with Gasteiger partial charge in [-0.3, -0.25) is 4.79 Å². The summed E-state index contributed by atoms with van der Waals surface area (Å²) in [6.07, 6.45) is 0. The zero-order valence-corrected chi connectivity index (χ0v) is 22.3. The molecule has 194 valence electrons. The van der Waals surface area contributed by atoms with E-state index in [2.05, 4.69) is 26.9 Å². The first-order valence-corrected chi connectivity index (χ1v) is 13.4. The zero-order valence-electron chi connectivity index (χ0n) is 21.5. The van der Waals surface area contributed by atoms with Crippen LogP contribution in [-0.2, 0) is 13.1 Å².